The van der Waals surface area contributed by atoms with E-state index in [1.165, 1.54) is 0 Å². The number of nitrogens with one attached hydrogen (secondary N) is 2. The summed E-state index contributed by atoms with van der Waals surface area (Å²) in [5, 5.41) is 15.0. The van der Waals surface area contributed by atoms with E-state index in [2.05, 4.69) is 10.6 Å². The number of amides is 1. The standard InChI is InChI=1S/C15H22N2O3/c18-10-13-3-1-12(2-4-13)9-17-15(19)11-20-14-5-7-16-8-6-14/h1-4,14,16,18H,5-11H2,(H,17,19). The van der Waals surface area contributed by atoms with Gasteiger partial charge in [-0.1, -0.05) is 24.3 Å². The van der Waals surface area contributed by atoms with E-state index in [4.69, 9.17) is 9.84 Å². The first-order chi connectivity index (χ1) is 9.78. The maximum Gasteiger partial charge on any atom is 0.246 e. The largest absolute Gasteiger partial charge is 0.392 e. The number of hydrogen-bond donors (Lipinski definition) is 3. The van der Waals surface area contributed by atoms with E-state index in [1.807, 2.05) is 24.3 Å². The van der Waals surface area contributed by atoms with Gasteiger partial charge in [0.25, 0.3) is 0 Å². The SMILES string of the molecule is O=C(COC1CCNCC1)NCc1ccc(CO)cc1. The Morgan fingerprint density at radius 3 is 2.55 bits per heavy atom. The number of carbonyl (C=O) groups excluding carboxylic acids is 1. The van der Waals surface area contributed by atoms with Gasteiger partial charge in [0.15, 0.2) is 0 Å². The maximum atomic E-state index is 11.7. The number of hydrogen-bond acceptors (Lipinski definition) is 4. The van der Waals surface area contributed by atoms with Crippen molar-refractivity contribution in [2.45, 2.75) is 32.1 Å². The van der Waals surface area contributed by atoms with E-state index < -0.39 is 0 Å². The number of aliphatic hydroxyl groups is 1. The highest BCUT2D eigenvalue weighted by atomic mass is 16.5. The van der Waals surface area contributed by atoms with Crippen LogP contribution in [0, 0.1) is 0 Å². The molecular weight excluding hydrogens is 256 g/mol. The van der Waals surface area contributed by atoms with Crippen LogP contribution in [0.4, 0.5) is 0 Å². The molecule has 0 saturated carbocycles. The molecule has 20 heavy (non-hydrogen) atoms. The second-order valence-corrected chi connectivity index (χ2v) is 5.01. The fourth-order valence-corrected chi connectivity index (χ4v) is 2.17. The molecule has 1 saturated heterocycles. The fraction of sp³-hybridized carbons (Fsp3) is 0.533. The summed E-state index contributed by atoms with van der Waals surface area (Å²) < 4.78 is 5.58. The van der Waals surface area contributed by atoms with Crippen molar-refractivity contribution < 1.29 is 14.6 Å². The normalized spacial score (nSPS) is 16.1. The molecule has 0 bridgehead atoms. The molecule has 1 aromatic carbocycles. The Labute approximate surface area is 119 Å². The number of benzene rings is 1. The maximum absolute atomic E-state index is 11.7. The highest BCUT2D eigenvalue weighted by Crippen LogP contribution is 2.07. The fourth-order valence-electron chi connectivity index (χ4n) is 2.17. The van der Waals surface area contributed by atoms with Gasteiger partial charge in [-0.05, 0) is 37.1 Å². The minimum absolute atomic E-state index is 0.0384. The van der Waals surface area contributed by atoms with Crippen LogP contribution in [0.5, 0.6) is 0 Å². The van der Waals surface area contributed by atoms with Crippen molar-refractivity contribution in [3.8, 4) is 0 Å². The van der Waals surface area contributed by atoms with Gasteiger partial charge >= 0.3 is 0 Å². The van der Waals surface area contributed by atoms with Crippen molar-refractivity contribution in [3.05, 3.63) is 35.4 Å². The average Bonchev–Trinajstić information content (AvgIpc) is 2.52. The molecule has 1 fully saturated rings. The minimum Gasteiger partial charge on any atom is -0.392 e. The summed E-state index contributed by atoms with van der Waals surface area (Å²) in [6, 6.07) is 7.51. The van der Waals surface area contributed by atoms with E-state index in [0.29, 0.717) is 6.54 Å². The molecule has 0 aliphatic carbocycles. The van der Waals surface area contributed by atoms with Crippen LogP contribution < -0.4 is 10.6 Å². The van der Waals surface area contributed by atoms with Gasteiger partial charge in [-0.2, -0.15) is 0 Å². The van der Waals surface area contributed by atoms with Crippen LogP contribution >= 0.6 is 0 Å². The molecule has 110 valence electrons. The monoisotopic (exact) mass is 278 g/mol. The van der Waals surface area contributed by atoms with Crippen LogP contribution in [0.15, 0.2) is 24.3 Å². The van der Waals surface area contributed by atoms with Gasteiger partial charge in [-0.15, -0.1) is 0 Å². The lowest BCUT2D eigenvalue weighted by molar-refractivity contribution is -0.128. The lowest BCUT2D eigenvalue weighted by atomic mass is 10.1. The lowest BCUT2D eigenvalue weighted by Crippen LogP contribution is -2.35. The molecule has 0 radical (unpaired) electrons. The van der Waals surface area contributed by atoms with Crippen LogP contribution in [0.3, 0.4) is 0 Å². The first-order valence-corrected chi connectivity index (χ1v) is 7.05. The Hall–Kier alpha value is -1.43. The number of piperidine rings is 1. The minimum atomic E-state index is -0.0882. The van der Waals surface area contributed by atoms with Gasteiger partial charge in [0, 0.05) is 6.54 Å². The third-order valence-corrected chi connectivity index (χ3v) is 3.43. The van der Waals surface area contributed by atoms with Crippen molar-refractivity contribution in [2.24, 2.45) is 0 Å². The third-order valence-electron chi connectivity index (χ3n) is 3.43. The molecular formula is C15H22N2O3. The number of aliphatic hydroxyl groups excluding tert-OH is 1. The molecule has 3 N–H and O–H groups in total. The summed E-state index contributed by atoms with van der Waals surface area (Å²) in [6.07, 6.45) is 2.14. The predicted octanol–water partition coefficient (Wildman–Crippen LogP) is 0.564. The van der Waals surface area contributed by atoms with Gasteiger partial charge in [0.2, 0.25) is 5.91 Å². The Balaban J connectivity index is 1.66. The van der Waals surface area contributed by atoms with E-state index in [1.54, 1.807) is 0 Å². The highest BCUT2D eigenvalue weighted by molar-refractivity contribution is 5.77. The van der Waals surface area contributed by atoms with Crippen LogP contribution in [0.1, 0.15) is 24.0 Å². The molecule has 5 nitrogen and oxygen atoms in total. The number of carbonyl (C=O) groups is 1. The highest BCUT2D eigenvalue weighted by Gasteiger charge is 2.14. The quantitative estimate of drug-likeness (QED) is 0.711. The summed E-state index contributed by atoms with van der Waals surface area (Å²) in [5.41, 5.74) is 1.88. The zero-order valence-corrected chi connectivity index (χ0v) is 11.6. The predicted molar refractivity (Wildman–Crippen MR) is 76.1 cm³/mol. The van der Waals surface area contributed by atoms with E-state index in [0.717, 1.165) is 37.1 Å². The smallest absolute Gasteiger partial charge is 0.246 e. The summed E-state index contributed by atoms with van der Waals surface area (Å²) in [5.74, 6) is -0.0882. The first kappa shape index (κ1) is 15.0. The Morgan fingerprint density at radius 2 is 1.90 bits per heavy atom. The van der Waals surface area contributed by atoms with Crippen LogP contribution in [-0.4, -0.2) is 36.8 Å². The number of rotatable bonds is 6. The van der Waals surface area contributed by atoms with Crippen molar-refractivity contribution in [1.82, 2.24) is 10.6 Å². The van der Waals surface area contributed by atoms with Gasteiger partial charge in [0.05, 0.1) is 12.7 Å². The van der Waals surface area contributed by atoms with E-state index >= 15 is 0 Å². The molecule has 0 atom stereocenters. The average molecular weight is 278 g/mol. The zero-order chi connectivity index (χ0) is 14.2. The molecule has 1 aromatic rings. The summed E-state index contributed by atoms with van der Waals surface area (Å²) in [4.78, 5) is 11.7. The summed E-state index contributed by atoms with van der Waals surface area (Å²) in [6.45, 7) is 2.57. The third kappa shape index (κ3) is 4.92. The van der Waals surface area contributed by atoms with Gasteiger partial charge in [-0.25, -0.2) is 0 Å². The van der Waals surface area contributed by atoms with E-state index in [9.17, 15) is 4.79 Å². The topological polar surface area (TPSA) is 70.6 Å². The van der Waals surface area contributed by atoms with E-state index in [-0.39, 0.29) is 25.2 Å². The zero-order valence-electron chi connectivity index (χ0n) is 11.6. The second kappa shape index (κ2) is 7.99. The number of ether oxygens (including phenoxy) is 1. The molecule has 0 aromatic heterocycles. The Kier molecular flexibility index (Phi) is 5.98. The van der Waals surface area contributed by atoms with Crippen LogP contribution in [-0.2, 0) is 22.7 Å². The Morgan fingerprint density at radius 1 is 1.25 bits per heavy atom. The van der Waals surface area contributed by atoms with Crippen molar-refractivity contribution in [2.75, 3.05) is 19.7 Å². The van der Waals surface area contributed by atoms with Crippen molar-refractivity contribution in [3.63, 3.8) is 0 Å². The van der Waals surface area contributed by atoms with Crippen LogP contribution in [0.2, 0.25) is 0 Å². The van der Waals surface area contributed by atoms with Crippen molar-refractivity contribution >= 4 is 5.91 Å². The molecule has 0 unspecified atom stereocenters. The second-order valence-electron chi connectivity index (χ2n) is 5.01. The molecule has 0 spiro atoms. The molecule has 1 amide bonds. The summed E-state index contributed by atoms with van der Waals surface area (Å²) in [7, 11) is 0. The lowest BCUT2D eigenvalue weighted by Gasteiger charge is -2.22. The molecule has 1 aliphatic rings. The molecule has 1 heterocycles. The van der Waals surface area contributed by atoms with Crippen LogP contribution in [0.25, 0.3) is 0 Å². The summed E-state index contributed by atoms with van der Waals surface area (Å²) >= 11 is 0. The first-order valence-electron chi connectivity index (χ1n) is 7.05. The molecule has 5 heteroatoms. The van der Waals surface area contributed by atoms with Gasteiger partial charge in [0.1, 0.15) is 6.61 Å². The molecule has 1 aliphatic heterocycles. The van der Waals surface area contributed by atoms with Gasteiger partial charge in [-0.3, -0.25) is 4.79 Å². The van der Waals surface area contributed by atoms with Crippen molar-refractivity contribution in [1.29, 1.82) is 0 Å². The Bertz CT molecular complexity index is 414. The van der Waals surface area contributed by atoms with Gasteiger partial charge < -0.3 is 20.5 Å². The molecule has 2 rings (SSSR count).